The second-order valence-electron chi connectivity index (χ2n) is 7.41. The fourth-order valence-electron chi connectivity index (χ4n) is 3.40. The van der Waals surface area contributed by atoms with Gasteiger partial charge in [-0.05, 0) is 37.1 Å². The third kappa shape index (κ3) is 5.16. The van der Waals surface area contributed by atoms with Crippen molar-refractivity contribution in [3.63, 3.8) is 0 Å². The summed E-state index contributed by atoms with van der Waals surface area (Å²) >= 11 is 5.63. The lowest BCUT2D eigenvalue weighted by atomic mass is 10.1. The minimum absolute atomic E-state index is 0.0939. The molecule has 0 radical (unpaired) electrons. The highest BCUT2D eigenvalue weighted by atomic mass is 35.5. The molecule has 1 atom stereocenters. The van der Waals surface area contributed by atoms with E-state index in [1.165, 1.54) is 22.8 Å². The number of aryl methyl sites for hydroxylation is 2. The van der Waals surface area contributed by atoms with Crippen molar-refractivity contribution in [2.75, 3.05) is 13.1 Å². The van der Waals surface area contributed by atoms with E-state index in [0.717, 1.165) is 11.8 Å². The van der Waals surface area contributed by atoms with Gasteiger partial charge in [0, 0.05) is 38.2 Å². The van der Waals surface area contributed by atoms with Gasteiger partial charge in [-0.15, -0.1) is 0 Å². The maximum absolute atomic E-state index is 13.0. The van der Waals surface area contributed by atoms with Crippen LogP contribution in [0.15, 0.2) is 35.1 Å². The average Bonchev–Trinajstić information content (AvgIpc) is 3.12. The summed E-state index contributed by atoms with van der Waals surface area (Å²) in [6, 6.07) is 6.87. The molecule has 2 heterocycles. The monoisotopic (exact) mass is 442 g/mol. The standard InChI is InChI=1S/C21H22ClF3N2O3/c1-13-9-16(11-20(29)26(13)2)30-15-7-8-27(12-15)19(28)6-4-14-3-5-18(22)17(10-14)21(23,24)25/h3,5,9-11,15H,4,6-8,12H2,1-2H3/t15-/m1/s1. The lowest BCUT2D eigenvalue weighted by Gasteiger charge is -2.18. The van der Waals surface area contributed by atoms with Crippen LogP contribution in [0.2, 0.25) is 5.02 Å². The van der Waals surface area contributed by atoms with Gasteiger partial charge in [0.15, 0.2) is 0 Å². The molecule has 162 valence electrons. The van der Waals surface area contributed by atoms with E-state index < -0.39 is 11.7 Å². The molecular weight excluding hydrogens is 421 g/mol. The zero-order valence-electron chi connectivity index (χ0n) is 16.6. The number of aromatic nitrogens is 1. The summed E-state index contributed by atoms with van der Waals surface area (Å²) in [6.45, 7) is 2.68. The van der Waals surface area contributed by atoms with Crippen molar-refractivity contribution >= 4 is 17.5 Å². The summed E-state index contributed by atoms with van der Waals surface area (Å²) in [4.78, 5) is 26.0. The number of hydrogen-bond donors (Lipinski definition) is 0. The molecule has 2 aromatic rings. The van der Waals surface area contributed by atoms with E-state index in [2.05, 4.69) is 0 Å². The Morgan fingerprint density at radius 2 is 2.00 bits per heavy atom. The van der Waals surface area contributed by atoms with Gasteiger partial charge in [0.05, 0.1) is 17.1 Å². The van der Waals surface area contributed by atoms with E-state index in [4.69, 9.17) is 16.3 Å². The van der Waals surface area contributed by atoms with Crippen LogP contribution in [0.25, 0.3) is 0 Å². The molecule has 0 spiro atoms. The van der Waals surface area contributed by atoms with Crippen molar-refractivity contribution in [1.82, 2.24) is 9.47 Å². The number of rotatable bonds is 5. The quantitative estimate of drug-likeness (QED) is 0.704. The van der Waals surface area contributed by atoms with Gasteiger partial charge in [0.2, 0.25) is 5.91 Å². The molecule has 5 nitrogen and oxygen atoms in total. The molecule has 30 heavy (non-hydrogen) atoms. The van der Waals surface area contributed by atoms with E-state index in [1.54, 1.807) is 24.9 Å². The van der Waals surface area contributed by atoms with Crippen LogP contribution in [0, 0.1) is 6.92 Å². The number of nitrogens with zero attached hydrogens (tertiary/aromatic N) is 2. The van der Waals surface area contributed by atoms with Crippen LogP contribution in [-0.2, 0) is 24.4 Å². The summed E-state index contributed by atoms with van der Waals surface area (Å²) in [5.41, 5.74) is 0.109. The van der Waals surface area contributed by atoms with E-state index in [1.807, 2.05) is 0 Å². The number of pyridine rings is 1. The second-order valence-corrected chi connectivity index (χ2v) is 7.82. The molecule has 1 aromatic carbocycles. The summed E-state index contributed by atoms with van der Waals surface area (Å²) in [5.74, 6) is 0.320. The van der Waals surface area contributed by atoms with E-state index in [9.17, 15) is 22.8 Å². The first-order valence-electron chi connectivity index (χ1n) is 9.52. The smallest absolute Gasteiger partial charge is 0.417 e. The van der Waals surface area contributed by atoms with Gasteiger partial charge in [0.1, 0.15) is 11.9 Å². The first kappa shape index (κ1) is 22.2. The summed E-state index contributed by atoms with van der Waals surface area (Å²) < 4.78 is 46.3. The minimum atomic E-state index is -4.53. The van der Waals surface area contributed by atoms with Gasteiger partial charge in [-0.25, -0.2) is 0 Å². The average molecular weight is 443 g/mol. The number of halogens is 4. The predicted molar refractivity (Wildman–Crippen MR) is 107 cm³/mol. The lowest BCUT2D eigenvalue weighted by molar-refractivity contribution is -0.137. The first-order chi connectivity index (χ1) is 14.0. The van der Waals surface area contributed by atoms with Crippen LogP contribution in [0.5, 0.6) is 5.75 Å². The third-order valence-corrected chi connectivity index (χ3v) is 5.57. The van der Waals surface area contributed by atoms with Crippen molar-refractivity contribution in [1.29, 1.82) is 0 Å². The molecule has 1 fully saturated rings. The van der Waals surface area contributed by atoms with E-state index in [-0.39, 0.29) is 35.4 Å². The number of ether oxygens (including phenoxy) is 1. The summed E-state index contributed by atoms with van der Waals surface area (Å²) in [7, 11) is 1.68. The van der Waals surface area contributed by atoms with Crippen molar-refractivity contribution in [2.45, 2.75) is 38.5 Å². The van der Waals surface area contributed by atoms with Crippen molar-refractivity contribution < 1.29 is 22.7 Å². The molecule has 9 heteroatoms. The normalized spacial score (nSPS) is 16.7. The molecule has 0 aliphatic carbocycles. The maximum Gasteiger partial charge on any atom is 0.417 e. The zero-order chi connectivity index (χ0) is 22.1. The Morgan fingerprint density at radius 3 is 2.67 bits per heavy atom. The number of likely N-dealkylation sites (tertiary alicyclic amines) is 1. The Balaban J connectivity index is 1.56. The Morgan fingerprint density at radius 1 is 1.27 bits per heavy atom. The fourth-order valence-corrected chi connectivity index (χ4v) is 3.63. The molecule has 0 bridgehead atoms. The van der Waals surface area contributed by atoms with Crippen LogP contribution in [0.3, 0.4) is 0 Å². The number of carbonyl (C=O) groups excluding carboxylic acids is 1. The number of amides is 1. The molecule has 1 aliphatic rings. The topological polar surface area (TPSA) is 51.5 Å². The number of alkyl halides is 3. The molecule has 1 saturated heterocycles. The minimum Gasteiger partial charge on any atom is -0.488 e. The lowest BCUT2D eigenvalue weighted by Crippen LogP contribution is -2.31. The summed E-state index contributed by atoms with van der Waals surface area (Å²) in [5, 5.41) is -0.358. The Kier molecular flexibility index (Phi) is 6.45. The van der Waals surface area contributed by atoms with E-state index in [0.29, 0.717) is 30.8 Å². The molecule has 1 aromatic heterocycles. The molecule has 0 N–H and O–H groups in total. The molecule has 3 rings (SSSR count). The molecule has 1 aliphatic heterocycles. The predicted octanol–water partition coefficient (Wildman–Crippen LogP) is 3.98. The Hall–Kier alpha value is -2.48. The van der Waals surface area contributed by atoms with Gasteiger partial charge in [-0.1, -0.05) is 17.7 Å². The number of hydrogen-bond acceptors (Lipinski definition) is 3. The van der Waals surface area contributed by atoms with Crippen LogP contribution in [-0.4, -0.2) is 34.6 Å². The van der Waals surface area contributed by atoms with Crippen molar-refractivity contribution in [3.05, 3.63) is 62.5 Å². The van der Waals surface area contributed by atoms with E-state index >= 15 is 0 Å². The van der Waals surface area contributed by atoms with Gasteiger partial charge in [-0.3, -0.25) is 9.59 Å². The molecular formula is C21H22ClF3N2O3. The maximum atomic E-state index is 13.0. The zero-order valence-corrected chi connectivity index (χ0v) is 17.4. The second kappa shape index (κ2) is 8.71. The van der Waals surface area contributed by atoms with Crippen LogP contribution in [0.1, 0.15) is 29.7 Å². The van der Waals surface area contributed by atoms with Crippen LogP contribution in [0.4, 0.5) is 13.2 Å². The van der Waals surface area contributed by atoms with Crippen LogP contribution < -0.4 is 10.3 Å². The fraction of sp³-hybridized carbons (Fsp3) is 0.429. The van der Waals surface area contributed by atoms with Crippen molar-refractivity contribution in [2.24, 2.45) is 7.05 Å². The van der Waals surface area contributed by atoms with Crippen LogP contribution >= 0.6 is 11.6 Å². The van der Waals surface area contributed by atoms with Gasteiger partial charge in [-0.2, -0.15) is 13.2 Å². The third-order valence-electron chi connectivity index (χ3n) is 5.24. The first-order valence-corrected chi connectivity index (χ1v) is 9.90. The van der Waals surface area contributed by atoms with Gasteiger partial charge < -0.3 is 14.2 Å². The SMILES string of the molecule is Cc1cc(O[C@@H]2CCN(C(=O)CCc3ccc(Cl)c(C(F)(F)F)c3)C2)cc(=O)n1C. The Labute approximate surface area is 177 Å². The summed E-state index contributed by atoms with van der Waals surface area (Å²) in [6.07, 6.45) is -3.86. The largest absolute Gasteiger partial charge is 0.488 e. The highest BCUT2D eigenvalue weighted by Crippen LogP contribution is 2.35. The number of benzene rings is 1. The van der Waals surface area contributed by atoms with Gasteiger partial charge >= 0.3 is 6.18 Å². The molecule has 1 amide bonds. The Bertz CT molecular complexity index is 1000. The highest BCUT2D eigenvalue weighted by molar-refractivity contribution is 6.31. The van der Waals surface area contributed by atoms with Gasteiger partial charge in [0.25, 0.3) is 5.56 Å². The molecule has 0 saturated carbocycles. The number of carbonyl (C=O) groups is 1. The van der Waals surface area contributed by atoms with Crippen molar-refractivity contribution in [3.8, 4) is 5.75 Å². The molecule has 0 unspecified atom stereocenters. The highest BCUT2D eigenvalue weighted by Gasteiger charge is 2.33.